The van der Waals surface area contributed by atoms with Gasteiger partial charge in [-0.3, -0.25) is 4.40 Å². The summed E-state index contributed by atoms with van der Waals surface area (Å²) in [5, 5.41) is 8.18. The van der Waals surface area contributed by atoms with Gasteiger partial charge in [-0.15, -0.1) is 10.2 Å². The van der Waals surface area contributed by atoms with Gasteiger partial charge in [0.25, 0.3) is 0 Å². The minimum absolute atomic E-state index is 0.483. The summed E-state index contributed by atoms with van der Waals surface area (Å²) in [7, 11) is 0. The topological polar surface area (TPSA) is 64.1 Å². The molecule has 1 atom stereocenters. The molecule has 0 amide bonds. The van der Waals surface area contributed by atoms with Gasteiger partial charge >= 0.3 is 0 Å². The predicted octanol–water partition coefficient (Wildman–Crippen LogP) is 2.35. The van der Waals surface area contributed by atoms with Crippen LogP contribution >= 0.6 is 0 Å². The summed E-state index contributed by atoms with van der Waals surface area (Å²) in [5.41, 5.74) is 2.28. The standard InChI is InChI=1S/C18H23N7/c1-13-21-16(9-17-22-20-12-25(13)17)23-7-4-5-14(11-23)18-19-10-15-6-2-3-8-24(15)18/h9-10,12,14H,2-8,11H2,1H3. The molecule has 25 heavy (non-hydrogen) atoms. The molecule has 0 bridgehead atoms. The summed E-state index contributed by atoms with van der Waals surface area (Å²) in [6.07, 6.45) is 9.94. The Bertz CT molecular complexity index is 909. The molecule has 1 unspecified atom stereocenters. The molecule has 0 saturated carbocycles. The molecule has 7 nitrogen and oxygen atoms in total. The van der Waals surface area contributed by atoms with E-state index >= 15 is 0 Å². The third kappa shape index (κ3) is 2.49. The second-order valence-corrected chi connectivity index (χ2v) is 7.22. The molecule has 130 valence electrons. The van der Waals surface area contributed by atoms with Crippen molar-refractivity contribution < 1.29 is 0 Å². The van der Waals surface area contributed by atoms with Crippen LogP contribution in [0.3, 0.4) is 0 Å². The van der Waals surface area contributed by atoms with Crippen molar-refractivity contribution in [1.29, 1.82) is 0 Å². The SMILES string of the molecule is Cc1nc(N2CCCC(c3ncc4n3CCCC4)C2)cc2nncn12. The Kier molecular flexibility index (Phi) is 3.46. The molecule has 3 aromatic rings. The van der Waals surface area contributed by atoms with Gasteiger partial charge in [0.15, 0.2) is 5.65 Å². The van der Waals surface area contributed by atoms with Gasteiger partial charge in [0.05, 0.1) is 0 Å². The van der Waals surface area contributed by atoms with Crippen LogP contribution in [0.1, 0.15) is 48.9 Å². The normalized spacial score (nSPS) is 20.8. The minimum Gasteiger partial charge on any atom is -0.356 e. The molecule has 0 N–H and O–H groups in total. The van der Waals surface area contributed by atoms with E-state index in [0.717, 1.165) is 36.9 Å². The Morgan fingerprint density at radius 1 is 1.16 bits per heavy atom. The van der Waals surface area contributed by atoms with Crippen LogP contribution in [0.5, 0.6) is 0 Å². The van der Waals surface area contributed by atoms with Crippen LogP contribution in [0, 0.1) is 6.92 Å². The summed E-state index contributed by atoms with van der Waals surface area (Å²) in [4.78, 5) is 12.0. The van der Waals surface area contributed by atoms with Gasteiger partial charge < -0.3 is 9.47 Å². The summed E-state index contributed by atoms with van der Waals surface area (Å²) in [6, 6.07) is 2.05. The fraction of sp³-hybridized carbons (Fsp3) is 0.556. The number of hydrogen-bond donors (Lipinski definition) is 0. The second kappa shape index (κ2) is 5.82. The van der Waals surface area contributed by atoms with Crippen LogP contribution in [0.4, 0.5) is 5.82 Å². The average Bonchev–Trinajstić information content (AvgIpc) is 3.29. The zero-order chi connectivity index (χ0) is 16.8. The molecule has 1 saturated heterocycles. The number of hydrogen-bond acceptors (Lipinski definition) is 5. The predicted molar refractivity (Wildman–Crippen MR) is 94.9 cm³/mol. The molecule has 7 heteroatoms. The fourth-order valence-electron chi connectivity index (χ4n) is 4.30. The van der Waals surface area contributed by atoms with Crippen LogP contribution < -0.4 is 4.90 Å². The maximum absolute atomic E-state index is 4.80. The first kappa shape index (κ1) is 14.9. The van der Waals surface area contributed by atoms with Crippen LogP contribution in [0.25, 0.3) is 5.65 Å². The third-order valence-electron chi connectivity index (χ3n) is 5.60. The van der Waals surface area contributed by atoms with Gasteiger partial charge in [-0.25, -0.2) is 9.97 Å². The first-order chi connectivity index (χ1) is 12.3. The van der Waals surface area contributed by atoms with Crippen molar-refractivity contribution in [3.8, 4) is 0 Å². The number of anilines is 1. The molecular weight excluding hydrogens is 314 g/mol. The van der Waals surface area contributed by atoms with Gasteiger partial charge in [0, 0.05) is 43.5 Å². The Labute approximate surface area is 146 Å². The monoisotopic (exact) mass is 337 g/mol. The van der Waals surface area contributed by atoms with Crippen LogP contribution in [-0.4, -0.2) is 42.2 Å². The lowest BCUT2D eigenvalue weighted by Gasteiger charge is -2.34. The van der Waals surface area contributed by atoms with Gasteiger partial charge in [-0.2, -0.15) is 0 Å². The van der Waals surface area contributed by atoms with E-state index in [9.17, 15) is 0 Å². The van der Waals surface area contributed by atoms with Gasteiger partial charge in [-0.1, -0.05) is 0 Å². The zero-order valence-electron chi connectivity index (χ0n) is 14.6. The first-order valence-corrected chi connectivity index (χ1v) is 9.26. The van der Waals surface area contributed by atoms with Crippen LogP contribution in [0.2, 0.25) is 0 Å². The maximum atomic E-state index is 4.80. The summed E-state index contributed by atoms with van der Waals surface area (Å²) < 4.78 is 4.40. The number of nitrogens with zero attached hydrogens (tertiary/aromatic N) is 7. The third-order valence-corrected chi connectivity index (χ3v) is 5.60. The Hall–Kier alpha value is -2.44. The van der Waals surface area contributed by atoms with E-state index < -0.39 is 0 Å². The molecule has 3 aromatic heterocycles. The quantitative estimate of drug-likeness (QED) is 0.718. The first-order valence-electron chi connectivity index (χ1n) is 9.26. The second-order valence-electron chi connectivity index (χ2n) is 7.22. The maximum Gasteiger partial charge on any atom is 0.165 e. The highest BCUT2D eigenvalue weighted by molar-refractivity contribution is 5.52. The van der Waals surface area contributed by atoms with Crippen molar-refractivity contribution in [3.05, 3.63) is 35.9 Å². The van der Waals surface area contributed by atoms with Crippen LogP contribution in [-0.2, 0) is 13.0 Å². The molecule has 2 aliphatic rings. The van der Waals surface area contributed by atoms with E-state index in [0.29, 0.717) is 5.92 Å². The zero-order valence-corrected chi connectivity index (χ0v) is 14.6. The molecule has 1 fully saturated rings. The largest absolute Gasteiger partial charge is 0.356 e. The van der Waals surface area contributed by atoms with Crippen molar-refractivity contribution in [3.63, 3.8) is 0 Å². The molecule has 5 rings (SSSR count). The molecule has 0 aromatic carbocycles. The van der Waals surface area contributed by atoms with Crippen molar-refractivity contribution in [2.24, 2.45) is 0 Å². The number of fused-ring (bicyclic) bond motifs is 2. The number of rotatable bonds is 2. The van der Waals surface area contributed by atoms with Gasteiger partial charge in [0.1, 0.15) is 23.8 Å². The van der Waals surface area contributed by atoms with E-state index in [2.05, 4.69) is 25.9 Å². The summed E-state index contributed by atoms with van der Waals surface area (Å²) in [5.74, 6) is 3.70. The van der Waals surface area contributed by atoms with E-state index in [1.165, 1.54) is 43.6 Å². The van der Waals surface area contributed by atoms with E-state index in [-0.39, 0.29) is 0 Å². The smallest absolute Gasteiger partial charge is 0.165 e. The highest BCUT2D eigenvalue weighted by atomic mass is 15.3. The van der Waals surface area contributed by atoms with E-state index in [1.807, 2.05) is 17.4 Å². The Morgan fingerprint density at radius 2 is 2.12 bits per heavy atom. The Balaban J connectivity index is 1.44. The fourth-order valence-corrected chi connectivity index (χ4v) is 4.30. The number of imidazole rings is 1. The summed E-state index contributed by atoms with van der Waals surface area (Å²) in [6.45, 7) is 5.16. The lowest BCUT2D eigenvalue weighted by atomic mass is 9.96. The lowest BCUT2D eigenvalue weighted by molar-refractivity contribution is 0.444. The average molecular weight is 337 g/mol. The number of aryl methyl sites for hydroxylation is 2. The van der Waals surface area contributed by atoms with Gasteiger partial charge in [-0.05, 0) is 39.0 Å². The molecule has 0 radical (unpaired) electrons. The number of piperidine rings is 1. The lowest BCUT2D eigenvalue weighted by Crippen LogP contribution is -2.36. The van der Waals surface area contributed by atoms with Crippen LogP contribution in [0.15, 0.2) is 18.6 Å². The van der Waals surface area contributed by atoms with Crippen molar-refractivity contribution in [2.45, 2.75) is 51.5 Å². The van der Waals surface area contributed by atoms with Crippen molar-refractivity contribution in [2.75, 3.05) is 18.0 Å². The molecule has 0 spiro atoms. The van der Waals surface area contributed by atoms with Crippen molar-refractivity contribution in [1.82, 2.24) is 29.1 Å². The molecule has 2 aliphatic heterocycles. The van der Waals surface area contributed by atoms with Gasteiger partial charge in [0.2, 0.25) is 0 Å². The molecule has 5 heterocycles. The molecule has 0 aliphatic carbocycles. The highest BCUT2D eigenvalue weighted by Gasteiger charge is 2.27. The van der Waals surface area contributed by atoms with E-state index in [1.54, 1.807) is 6.33 Å². The Morgan fingerprint density at radius 3 is 3.08 bits per heavy atom. The van der Waals surface area contributed by atoms with E-state index in [4.69, 9.17) is 9.97 Å². The molecular formula is C18H23N7. The highest BCUT2D eigenvalue weighted by Crippen LogP contribution is 2.31. The summed E-state index contributed by atoms with van der Waals surface area (Å²) >= 11 is 0. The minimum atomic E-state index is 0.483. The number of aromatic nitrogens is 6. The van der Waals surface area contributed by atoms with Crippen molar-refractivity contribution >= 4 is 11.5 Å².